The predicted molar refractivity (Wildman–Crippen MR) is 146 cm³/mol. The minimum Gasteiger partial charge on any atom is -0.490 e. The first-order valence-corrected chi connectivity index (χ1v) is 12.9. The molecule has 2 heterocycles. The van der Waals surface area contributed by atoms with Crippen molar-refractivity contribution in [3.05, 3.63) is 82.1 Å². The fraction of sp³-hybridized carbons (Fsp3) is 0.321. The van der Waals surface area contributed by atoms with E-state index in [1.807, 2.05) is 18.2 Å². The third-order valence-corrected chi connectivity index (χ3v) is 7.14. The van der Waals surface area contributed by atoms with Gasteiger partial charge in [-0.25, -0.2) is 9.38 Å². The maximum atomic E-state index is 13.1. The van der Waals surface area contributed by atoms with Crippen molar-refractivity contribution in [1.82, 2.24) is 4.90 Å². The lowest BCUT2D eigenvalue weighted by Crippen LogP contribution is -2.39. The molecule has 0 aromatic heterocycles. The van der Waals surface area contributed by atoms with Gasteiger partial charge in [-0.3, -0.25) is 10.6 Å². The lowest BCUT2D eigenvalue weighted by atomic mass is 9.89. The van der Waals surface area contributed by atoms with Gasteiger partial charge >= 0.3 is 0 Å². The fourth-order valence-corrected chi connectivity index (χ4v) is 4.96. The summed E-state index contributed by atoms with van der Waals surface area (Å²) in [6, 6.07) is 15.1. The maximum absolute atomic E-state index is 13.1. The number of halogens is 2. The number of nitrogens with zero attached hydrogens (tertiary/aromatic N) is 2. The van der Waals surface area contributed by atoms with Crippen molar-refractivity contribution >= 4 is 29.3 Å². The second-order valence-corrected chi connectivity index (χ2v) is 9.82. The lowest BCUT2D eigenvalue weighted by Gasteiger charge is -2.32. The number of ether oxygens (including phenoxy) is 2. The number of aliphatic imine (C=N–C) groups is 1. The van der Waals surface area contributed by atoms with Gasteiger partial charge in [0.25, 0.3) is 0 Å². The maximum Gasteiger partial charge on any atom is 0.163 e. The van der Waals surface area contributed by atoms with Crippen LogP contribution in [0.15, 0.2) is 59.6 Å². The molecule has 0 aliphatic carbocycles. The Labute approximate surface area is 221 Å². The smallest absolute Gasteiger partial charge is 0.163 e. The van der Waals surface area contributed by atoms with Crippen molar-refractivity contribution in [3.63, 3.8) is 0 Å². The van der Waals surface area contributed by atoms with Gasteiger partial charge in [0.1, 0.15) is 30.5 Å². The van der Waals surface area contributed by atoms with Gasteiger partial charge in [-0.1, -0.05) is 36.2 Å². The summed E-state index contributed by atoms with van der Waals surface area (Å²) in [5.74, 6) is 0.816. The summed E-state index contributed by atoms with van der Waals surface area (Å²) in [5, 5.41) is 3.56. The van der Waals surface area contributed by atoms with Gasteiger partial charge in [0.2, 0.25) is 0 Å². The molecule has 194 valence electrons. The molecule has 3 aromatic rings. The summed E-state index contributed by atoms with van der Waals surface area (Å²) in [6.07, 6.45) is 5.37. The third kappa shape index (κ3) is 5.66. The highest BCUT2D eigenvalue weighted by molar-refractivity contribution is 6.32. The summed E-state index contributed by atoms with van der Waals surface area (Å²) >= 11 is 6.55. The van der Waals surface area contributed by atoms with Crippen molar-refractivity contribution in [1.29, 1.82) is 0 Å². The van der Waals surface area contributed by atoms with E-state index < -0.39 is 5.66 Å². The number of nitrogens with one attached hydrogen (secondary N) is 1. The fourth-order valence-electron chi connectivity index (χ4n) is 4.72. The van der Waals surface area contributed by atoms with Crippen LogP contribution in [-0.2, 0) is 12.3 Å². The van der Waals surface area contributed by atoms with Gasteiger partial charge in [-0.05, 0) is 61.8 Å². The lowest BCUT2D eigenvalue weighted by molar-refractivity contribution is 0.184. The zero-order valence-corrected chi connectivity index (χ0v) is 21.3. The largest absolute Gasteiger partial charge is 0.490 e. The normalized spacial score (nSPS) is 19.2. The van der Waals surface area contributed by atoms with E-state index in [9.17, 15) is 4.39 Å². The van der Waals surface area contributed by atoms with Crippen molar-refractivity contribution in [3.8, 4) is 11.5 Å². The molecule has 1 unspecified atom stereocenters. The quantitative estimate of drug-likeness (QED) is 0.355. The Hall–Kier alpha value is -3.33. The van der Waals surface area contributed by atoms with Crippen LogP contribution in [-0.4, -0.2) is 37.5 Å². The summed E-state index contributed by atoms with van der Waals surface area (Å²) in [6.45, 7) is 3.94. The van der Waals surface area contributed by atoms with E-state index in [4.69, 9.17) is 32.5 Å². The second kappa shape index (κ2) is 11.0. The SMILES string of the molecule is Nc1cc2c(cc1OCCN1CCCCC1)NC=NC2(N)c1ccc(OCc2ccc(F)cc2)c(Cl)c1. The zero-order chi connectivity index (χ0) is 25.8. The average Bonchev–Trinajstić information content (AvgIpc) is 2.90. The molecule has 1 atom stereocenters. The first-order valence-electron chi connectivity index (χ1n) is 12.5. The monoisotopic (exact) mass is 523 g/mol. The molecular formula is C28H31ClFN5O2. The van der Waals surface area contributed by atoms with Crippen LogP contribution in [0, 0.1) is 5.82 Å². The van der Waals surface area contributed by atoms with Crippen molar-refractivity contribution in [2.24, 2.45) is 10.7 Å². The number of nitrogens with two attached hydrogens (primary N) is 2. The van der Waals surface area contributed by atoms with E-state index in [2.05, 4.69) is 15.2 Å². The highest BCUT2D eigenvalue weighted by Crippen LogP contribution is 2.42. The van der Waals surface area contributed by atoms with Gasteiger partial charge in [0.05, 0.1) is 22.7 Å². The van der Waals surface area contributed by atoms with Crippen LogP contribution in [0.4, 0.5) is 15.8 Å². The van der Waals surface area contributed by atoms with Crippen LogP contribution in [0.25, 0.3) is 0 Å². The molecule has 0 bridgehead atoms. The zero-order valence-electron chi connectivity index (χ0n) is 20.6. The second-order valence-electron chi connectivity index (χ2n) is 9.42. The van der Waals surface area contributed by atoms with Gasteiger partial charge in [0.15, 0.2) is 5.66 Å². The minimum absolute atomic E-state index is 0.259. The average molecular weight is 524 g/mol. The number of fused-ring (bicyclic) bond motifs is 1. The molecule has 7 nitrogen and oxygen atoms in total. The van der Waals surface area contributed by atoms with Crippen LogP contribution in [0.3, 0.4) is 0 Å². The van der Waals surface area contributed by atoms with Crippen LogP contribution < -0.4 is 26.3 Å². The molecule has 9 heteroatoms. The van der Waals surface area contributed by atoms with E-state index >= 15 is 0 Å². The van der Waals surface area contributed by atoms with E-state index in [1.54, 1.807) is 30.6 Å². The third-order valence-electron chi connectivity index (χ3n) is 6.84. The van der Waals surface area contributed by atoms with Crippen molar-refractivity contribution in [2.75, 3.05) is 37.3 Å². The highest BCUT2D eigenvalue weighted by atomic mass is 35.5. The van der Waals surface area contributed by atoms with E-state index in [-0.39, 0.29) is 12.4 Å². The summed E-state index contributed by atoms with van der Waals surface area (Å²) < 4.78 is 25.0. The van der Waals surface area contributed by atoms with Crippen LogP contribution in [0.1, 0.15) is 36.0 Å². The molecule has 5 N–H and O–H groups in total. The topological polar surface area (TPSA) is 98.1 Å². The molecule has 37 heavy (non-hydrogen) atoms. The number of benzene rings is 3. The van der Waals surface area contributed by atoms with Gasteiger partial charge in [0, 0.05) is 23.7 Å². The van der Waals surface area contributed by atoms with Crippen LogP contribution in [0.5, 0.6) is 11.5 Å². The molecule has 2 aliphatic rings. The van der Waals surface area contributed by atoms with Gasteiger partial charge < -0.3 is 20.5 Å². The first kappa shape index (κ1) is 25.3. The van der Waals surface area contributed by atoms with Crippen LogP contribution >= 0.6 is 11.6 Å². The molecule has 5 rings (SSSR count). The summed E-state index contributed by atoms with van der Waals surface area (Å²) in [7, 11) is 0. The van der Waals surface area contributed by atoms with Crippen molar-refractivity contribution in [2.45, 2.75) is 31.5 Å². The number of rotatable bonds is 8. The Kier molecular flexibility index (Phi) is 7.50. The number of likely N-dealkylation sites (tertiary alicyclic amines) is 1. The van der Waals surface area contributed by atoms with E-state index in [0.717, 1.165) is 30.9 Å². The number of hydrogen-bond acceptors (Lipinski definition) is 7. The Morgan fingerprint density at radius 1 is 1.00 bits per heavy atom. The molecule has 0 saturated carbocycles. The molecule has 2 aliphatic heterocycles. The Morgan fingerprint density at radius 3 is 2.54 bits per heavy atom. The van der Waals surface area contributed by atoms with Crippen LogP contribution in [0.2, 0.25) is 5.02 Å². The molecule has 1 saturated heterocycles. The number of hydrogen-bond donors (Lipinski definition) is 3. The molecule has 0 amide bonds. The molecule has 3 aromatic carbocycles. The molecule has 0 radical (unpaired) electrons. The molecule has 1 fully saturated rings. The number of nitrogen functional groups attached to an aromatic ring is 1. The molecule has 0 spiro atoms. The summed E-state index contributed by atoms with van der Waals surface area (Å²) in [4.78, 5) is 6.96. The Balaban J connectivity index is 1.31. The minimum atomic E-state index is -1.19. The van der Waals surface area contributed by atoms with Gasteiger partial charge in [-0.15, -0.1) is 0 Å². The number of anilines is 2. The number of piperidine rings is 1. The Bertz CT molecular complexity index is 1280. The highest BCUT2D eigenvalue weighted by Gasteiger charge is 2.35. The first-order chi connectivity index (χ1) is 17.9. The standard InChI is InChI=1S/C28H31ClFN5O2/c29-23-14-20(6-9-26(23)37-17-19-4-7-21(30)8-5-19)28(32)22-15-24(31)27(16-25(22)33-18-34-28)36-13-12-35-10-2-1-3-11-35/h4-9,14-16,18H,1-3,10-13,17,31-32H2,(H,33,34). The Morgan fingerprint density at radius 2 is 1.78 bits per heavy atom. The summed E-state index contributed by atoms with van der Waals surface area (Å²) in [5.41, 5.74) is 15.5. The van der Waals surface area contributed by atoms with Gasteiger partial charge in [-0.2, -0.15) is 0 Å². The predicted octanol–water partition coefficient (Wildman–Crippen LogP) is 5.12. The molecular weight excluding hydrogens is 493 g/mol. The van der Waals surface area contributed by atoms with E-state index in [0.29, 0.717) is 39.9 Å². The van der Waals surface area contributed by atoms with Crippen molar-refractivity contribution < 1.29 is 13.9 Å². The van der Waals surface area contributed by atoms with E-state index in [1.165, 1.54) is 31.4 Å².